The van der Waals surface area contributed by atoms with Crippen molar-refractivity contribution >= 4 is 5.71 Å². The van der Waals surface area contributed by atoms with E-state index in [0.29, 0.717) is 0 Å². The van der Waals surface area contributed by atoms with Crippen molar-refractivity contribution < 1.29 is 4.74 Å². The van der Waals surface area contributed by atoms with Gasteiger partial charge in [0.15, 0.2) is 0 Å². The quantitative estimate of drug-likeness (QED) is 0.435. The van der Waals surface area contributed by atoms with Gasteiger partial charge < -0.3 is 9.64 Å². The molecule has 0 aromatic heterocycles. The van der Waals surface area contributed by atoms with E-state index in [2.05, 4.69) is 30.8 Å². The second-order valence-electron chi connectivity index (χ2n) is 4.92. The Bertz CT molecular complexity index is 204. The van der Waals surface area contributed by atoms with Crippen LogP contribution in [-0.4, -0.2) is 51.0 Å². The first-order chi connectivity index (χ1) is 8.10. The second kappa shape index (κ2) is 10.7. The summed E-state index contributed by atoms with van der Waals surface area (Å²) in [5, 5.41) is 0. The molecule has 0 spiro atoms. The number of hydrogen-bond donors (Lipinski definition) is 0. The maximum Gasteiger partial charge on any atom is 0.0518 e. The van der Waals surface area contributed by atoms with Gasteiger partial charge in [0.25, 0.3) is 0 Å². The molecule has 0 aliphatic heterocycles. The predicted molar refractivity (Wildman–Crippen MR) is 76.0 cm³/mol. The summed E-state index contributed by atoms with van der Waals surface area (Å²) in [6.07, 6.45) is 3.39. The summed E-state index contributed by atoms with van der Waals surface area (Å²) in [6.45, 7) is 10.6. The van der Waals surface area contributed by atoms with Gasteiger partial charge in [0.2, 0.25) is 0 Å². The van der Waals surface area contributed by atoms with Crippen LogP contribution in [0.1, 0.15) is 40.0 Å². The molecule has 0 aromatic rings. The molecule has 1 unspecified atom stereocenters. The minimum Gasteiger partial charge on any atom is -0.381 e. The van der Waals surface area contributed by atoms with Gasteiger partial charge in [-0.2, -0.15) is 0 Å². The number of rotatable bonds is 10. The van der Waals surface area contributed by atoms with Crippen LogP contribution in [0.4, 0.5) is 0 Å². The lowest BCUT2D eigenvalue weighted by Crippen LogP contribution is -2.24. The summed E-state index contributed by atoms with van der Waals surface area (Å²) < 4.78 is 5.59. The Balaban J connectivity index is 3.33. The molecule has 3 heteroatoms. The Hall–Kier alpha value is -0.410. The van der Waals surface area contributed by atoms with Crippen molar-refractivity contribution in [1.29, 1.82) is 0 Å². The molecule has 0 bridgehead atoms. The van der Waals surface area contributed by atoms with Crippen LogP contribution >= 0.6 is 0 Å². The lowest BCUT2D eigenvalue weighted by atomic mass is 10.1. The number of ether oxygens (including phenoxy) is 1. The van der Waals surface area contributed by atoms with Crippen molar-refractivity contribution in [2.45, 2.75) is 40.0 Å². The van der Waals surface area contributed by atoms with Gasteiger partial charge in [-0.05, 0) is 39.3 Å². The fraction of sp³-hybridized carbons (Fsp3) is 0.929. The fourth-order valence-corrected chi connectivity index (χ4v) is 1.72. The van der Waals surface area contributed by atoms with Crippen LogP contribution in [-0.2, 0) is 4.74 Å². The van der Waals surface area contributed by atoms with Crippen LogP contribution in [0.3, 0.4) is 0 Å². The minimum atomic E-state index is 0.766. The van der Waals surface area contributed by atoms with Crippen LogP contribution in [0, 0.1) is 5.92 Å². The van der Waals surface area contributed by atoms with Crippen LogP contribution in [0.5, 0.6) is 0 Å². The van der Waals surface area contributed by atoms with Crippen LogP contribution < -0.4 is 0 Å². The average Bonchev–Trinajstić information content (AvgIpc) is 2.32. The van der Waals surface area contributed by atoms with Gasteiger partial charge in [-0.1, -0.05) is 13.8 Å². The molecule has 0 aliphatic carbocycles. The maximum atomic E-state index is 5.59. The molecule has 0 fully saturated rings. The number of hydrogen-bond acceptors (Lipinski definition) is 3. The predicted octanol–water partition coefficient (Wildman–Crippen LogP) is 2.85. The van der Waals surface area contributed by atoms with Crippen molar-refractivity contribution in [2.24, 2.45) is 10.9 Å². The summed E-state index contributed by atoms with van der Waals surface area (Å²) in [5.74, 6) is 0.766. The molecule has 17 heavy (non-hydrogen) atoms. The molecule has 0 aliphatic rings. The molecular weight excluding hydrogens is 212 g/mol. The van der Waals surface area contributed by atoms with Crippen molar-refractivity contribution in [2.75, 3.05) is 40.4 Å². The van der Waals surface area contributed by atoms with Crippen LogP contribution in [0.15, 0.2) is 4.99 Å². The highest BCUT2D eigenvalue weighted by atomic mass is 16.5. The second-order valence-corrected chi connectivity index (χ2v) is 4.92. The Morgan fingerprint density at radius 1 is 1.35 bits per heavy atom. The van der Waals surface area contributed by atoms with Gasteiger partial charge in [-0.25, -0.2) is 0 Å². The summed E-state index contributed by atoms with van der Waals surface area (Å²) in [7, 11) is 4.01. The van der Waals surface area contributed by atoms with Crippen molar-refractivity contribution in [1.82, 2.24) is 4.90 Å². The van der Waals surface area contributed by atoms with Gasteiger partial charge in [0, 0.05) is 32.3 Å². The van der Waals surface area contributed by atoms with E-state index in [0.717, 1.165) is 32.1 Å². The minimum absolute atomic E-state index is 0.766. The molecule has 0 rings (SSSR count). The van der Waals surface area contributed by atoms with E-state index in [1.807, 2.05) is 14.0 Å². The summed E-state index contributed by atoms with van der Waals surface area (Å²) in [6, 6.07) is 0. The molecule has 0 amide bonds. The van der Waals surface area contributed by atoms with E-state index in [9.17, 15) is 0 Å². The zero-order valence-corrected chi connectivity index (χ0v) is 12.3. The first-order valence-electron chi connectivity index (χ1n) is 6.78. The van der Waals surface area contributed by atoms with Crippen molar-refractivity contribution in [3.8, 4) is 0 Å². The van der Waals surface area contributed by atoms with E-state index >= 15 is 0 Å². The molecule has 0 radical (unpaired) electrons. The molecular formula is C14H30N2O. The molecule has 1 atom stereocenters. The van der Waals surface area contributed by atoms with E-state index in [4.69, 9.17) is 4.74 Å². The third kappa shape index (κ3) is 10.5. The molecule has 0 N–H and O–H groups in total. The van der Waals surface area contributed by atoms with E-state index < -0.39 is 0 Å². The summed E-state index contributed by atoms with van der Waals surface area (Å²) >= 11 is 0. The van der Waals surface area contributed by atoms with E-state index in [-0.39, 0.29) is 0 Å². The normalized spacial score (nSPS) is 14.4. The number of nitrogens with zero attached hydrogens (tertiary/aromatic N) is 2. The molecule has 102 valence electrons. The highest BCUT2D eigenvalue weighted by Gasteiger charge is 2.04. The van der Waals surface area contributed by atoms with Gasteiger partial charge in [-0.15, -0.1) is 0 Å². The molecule has 3 nitrogen and oxygen atoms in total. The Labute approximate surface area is 107 Å². The van der Waals surface area contributed by atoms with Crippen molar-refractivity contribution in [3.05, 3.63) is 0 Å². The summed E-state index contributed by atoms with van der Waals surface area (Å²) in [4.78, 5) is 6.48. The zero-order chi connectivity index (χ0) is 13.1. The molecule has 0 aromatic carbocycles. The maximum absolute atomic E-state index is 5.59. The molecule has 0 saturated carbocycles. The van der Waals surface area contributed by atoms with Crippen LogP contribution in [0.2, 0.25) is 0 Å². The highest BCUT2D eigenvalue weighted by molar-refractivity contribution is 5.81. The zero-order valence-electron chi connectivity index (χ0n) is 12.3. The third-order valence-corrected chi connectivity index (χ3v) is 3.14. The standard InChI is InChI=1S/C14H30N2O/c1-6-16(5)12-13(2)8-7-10-17-11-9-14(3)15-4/h13H,6-12H2,1-5H3. The third-order valence-electron chi connectivity index (χ3n) is 3.14. The Morgan fingerprint density at radius 2 is 2.06 bits per heavy atom. The topological polar surface area (TPSA) is 24.8 Å². The first kappa shape index (κ1) is 16.6. The number of aliphatic imine (C=N–C) groups is 1. The Morgan fingerprint density at radius 3 is 2.65 bits per heavy atom. The van der Waals surface area contributed by atoms with E-state index in [1.54, 1.807) is 0 Å². The first-order valence-corrected chi connectivity index (χ1v) is 6.78. The smallest absolute Gasteiger partial charge is 0.0518 e. The molecule has 0 heterocycles. The average molecular weight is 242 g/mol. The monoisotopic (exact) mass is 242 g/mol. The molecule has 0 saturated heterocycles. The van der Waals surface area contributed by atoms with Crippen LogP contribution in [0.25, 0.3) is 0 Å². The van der Waals surface area contributed by atoms with Crippen molar-refractivity contribution in [3.63, 3.8) is 0 Å². The van der Waals surface area contributed by atoms with Gasteiger partial charge in [-0.3, -0.25) is 4.99 Å². The van der Waals surface area contributed by atoms with E-state index in [1.165, 1.54) is 25.1 Å². The Kier molecular flexibility index (Phi) is 10.5. The SMILES string of the molecule is CCN(C)CC(C)CCCOCCC(C)=NC. The lowest BCUT2D eigenvalue weighted by molar-refractivity contribution is 0.132. The largest absolute Gasteiger partial charge is 0.381 e. The fourth-order valence-electron chi connectivity index (χ4n) is 1.72. The summed E-state index contributed by atoms with van der Waals surface area (Å²) in [5.41, 5.74) is 1.17. The van der Waals surface area contributed by atoms with Gasteiger partial charge >= 0.3 is 0 Å². The van der Waals surface area contributed by atoms with Gasteiger partial charge in [0.05, 0.1) is 6.61 Å². The van der Waals surface area contributed by atoms with Gasteiger partial charge in [0.1, 0.15) is 0 Å². The lowest BCUT2D eigenvalue weighted by Gasteiger charge is -2.19. The highest BCUT2D eigenvalue weighted by Crippen LogP contribution is 2.07.